The molecule has 0 bridgehead atoms. The van der Waals surface area contributed by atoms with Crippen LogP contribution >= 0.6 is 0 Å². The molecule has 12 nitrogen and oxygen atoms in total. The highest BCUT2D eigenvalue weighted by atomic mass is 16.8. The van der Waals surface area contributed by atoms with Crippen LogP contribution in [0.3, 0.4) is 0 Å². The predicted octanol–water partition coefficient (Wildman–Crippen LogP) is -4.13. The third-order valence-corrected chi connectivity index (χ3v) is 3.22. The van der Waals surface area contributed by atoms with Crippen LogP contribution in [0.1, 0.15) is 6.23 Å². The number of aliphatic hydroxyl groups excluding tert-OH is 2. The summed E-state index contributed by atoms with van der Waals surface area (Å²) in [6, 6.07) is 1.03. The monoisotopic (exact) mass is 332 g/mol. The highest BCUT2D eigenvalue weighted by Crippen LogP contribution is 2.31. The number of carbonyl (C=O) groups is 1. The van der Waals surface area contributed by atoms with Gasteiger partial charge in [-0.15, -0.1) is 0 Å². The van der Waals surface area contributed by atoms with E-state index in [1.165, 1.54) is 0 Å². The summed E-state index contributed by atoms with van der Waals surface area (Å²) in [5.74, 6) is 4.11. The molecule has 0 aliphatic carbocycles. The number of hydrogen-bond acceptors (Lipinski definition) is 10. The zero-order valence-electron chi connectivity index (χ0n) is 11.7. The summed E-state index contributed by atoms with van der Waals surface area (Å²) < 4.78 is 10.9. The number of aromatic amines is 1. The summed E-state index contributed by atoms with van der Waals surface area (Å²) in [5.41, 5.74) is 3.58. The number of aromatic nitrogens is 2. The van der Waals surface area contributed by atoms with Crippen LogP contribution in [0.2, 0.25) is 0 Å². The van der Waals surface area contributed by atoms with Gasteiger partial charge in [-0.1, -0.05) is 0 Å². The first-order chi connectivity index (χ1) is 10.9. The third-order valence-electron chi connectivity index (χ3n) is 3.22. The van der Waals surface area contributed by atoms with Gasteiger partial charge < -0.3 is 25.4 Å². The van der Waals surface area contributed by atoms with E-state index in [2.05, 4.69) is 4.84 Å². The molecule has 0 aromatic carbocycles. The fraction of sp³-hybridized carbons (Fsp3) is 0.545. The van der Waals surface area contributed by atoms with E-state index in [9.17, 15) is 24.6 Å². The van der Waals surface area contributed by atoms with Crippen LogP contribution < -0.4 is 22.9 Å². The van der Waals surface area contributed by atoms with Crippen LogP contribution in [0, 0.1) is 0 Å². The smallest absolute Gasteiger partial charge is 0.330 e. The Kier molecular flexibility index (Phi) is 5.25. The zero-order chi connectivity index (χ0) is 17.1. The highest BCUT2D eigenvalue weighted by molar-refractivity contribution is 5.71. The van der Waals surface area contributed by atoms with Crippen molar-refractivity contribution in [3.05, 3.63) is 33.1 Å². The molecule has 0 spiro atoms. The molecule has 1 unspecified atom stereocenters. The molecule has 0 saturated carbocycles. The first-order valence-electron chi connectivity index (χ1n) is 6.47. The molecular weight excluding hydrogens is 316 g/mol. The summed E-state index contributed by atoms with van der Waals surface area (Å²) >= 11 is 0. The SMILES string of the molecule is NCC(=O)OC(ON)[C@H]1O[C@@H](n2ccc(=O)[nH]c2=O)[C@H](O)[C@@H]1O. The molecule has 1 aliphatic rings. The summed E-state index contributed by atoms with van der Waals surface area (Å²) in [6.07, 6.45) is -6.37. The number of carbonyl (C=O) groups excluding carboxylic acids is 1. The molecule has 2 rings (SSSR count). The van der Waals surface area contributed by atoms with E-state index < -0.39 is 54.6 Å². The van der Waals surface area contributed by atoms with Gasteiger partial charge in [0.2, 0.25) is 6.29 Å². The average molecular weight is 332 g/mol. The molecular formula is C11H16N4O8. The second-order valence-electron chi connectivity index (χ2n) is 4.69. The van der Waals surface area contributed by atoms with Gasteiger partial charge in [-0.2, -0.15) is 0 Å². The van der Waals surface area contributed by atoms with Crippen LogP contribution in [-0.2, 0) is 19.1 Å². The van der Waals surface area contributed by atoms with Gasteiger partial charge in [0.1, 0.15) is 12.2 Å². The molecule has 1 aliphatic heterocycles. The molecule has 0 amide bonds. The fourth-order valence-electron chi connectivity index (χ4n) is 2.12. The summed E-state index contributed by atoms with van der Waals surface area (Å²) in [5, 5.41) is 20.0. The van der Waals surface area contributed by atoms with Crippen molar-refractivity contribution in [3.63, 3.8) is 0 Å². The quantitative estimate of drug-likeness (QED) is 0.201. The van der Waals surface area contributed by atoms with E-state index in [-0.39, 0.29) is 0 Å². The van der Waals surface area contributed by atoms with Crippen LogP contribution in [0.4, 0.5) is 0 Å². The van der Waals surface area contributed by atoms with Gasteiger partial charge in [-0.25, -0.2) is 10.7 Å². The number of esters is 1. The summed E-state index contributed by atoms with van der Waals surface area (Å²) in [6.45, 7) is -0.464. The number of nitrogens with one attached hydrogen (secondary N) is 1. The van der Waals surface area contributed by atoms with Gasteiger partial charge in [0.15, 0.2) is 12.3 Å². The lowest BCUT2D eigenvalue weighted by Gasteiger charge is -2.23. The van der Waals surface area contributed by atoms with E-state index in [0.717, 1.165) is 16.8 Å². The number of ether oxygens (including phenoxy) is 2. The number of rotatable bonds is 5. The molecule has 128 valence electrons. The molecule has 1 aromatic heterocycles. The number of nitrogens with zero attached hydrogens (tertiary/aromatic N) is 1. The molecule has 1 saturated heterocycles. The van der Waals surface area contributed by atoms with E-state index in [1.54, 1.807) is 0 Å². The van der Waals surface area contributed by atoms with Crippen molar-refractivity contribution in [3.8, 4) is 0 Å². The van der Waals surface area contributed by atoms with Crippen LogP contribution in [0.5, 0.6) is 0 Å². The van der Waals surface area contributed by atoms with E-state index in [0.29, 0.717) is 0 Å². The summed E-state index contributed by atoms with van der Waals surface area (Å²) in [4.78, 5) is 40.4. The number of hydrogen-bond donors (Lipinski definition) is 5. The van der Waals surface area contributed by atoms with Crippen molar-refractivity contribution in [1.29, 1.82) is 0 Å². The lowest BCUT2D eigenvalue weighted by molar-refractivity contribution is -0.221. The van der Waals surface area contributed by atoms with Gasteiger partial charge in [0.05, 0.1) is 6.54 Å². The Morgan fingerprint density at radius 2 is 2.13 bits per heavy atom. The second-order valence-corrected chi connectivity index (χ2v) is 4.69. The Morgan fingerprint density at radius 1 is 1.43 bits per heavy atom. The maximum absolute atomic E-state index is 11.7. The topological polar surface area (TPSA) is 192 Å². The minimum absolute atomic E-state index is 0.464. The van der Waals surface area contributed by atoms with Gasteiger partial charge in [0.25, 0.3) is 5.56 Å². The molecule has 12 heteroatoms. The van der Waals surface area contributed by atoms with Crippen LogP contribution in [0.25, 0.3) is 0 Å². The minimum Gasteiger partial charge on any atom is -0.430 e. The Bertz CT molecular complexity index is 672. The van der Waals surface area contributed by atoms with Gasteiger partial charge in [-0.05, 0) is 0 Å². The molecule has 1 aromatic rings. The molecule has 1 fully saturated rings. The third kappa shape index (κ3) is 3.47. The molecule has 5 atom stereocenters. The molecule has 23 heavy (non-hydrogen) atoms. The minimum atomic E-state index is -1.59. The Balaban J connectivity index is 2.24. The Labute approximate surface area is 128 Å². The lowest BCUT2D eigenvalue weighted by atomic mass is 10.1. The largest absolute Gasteiger partial charge is 0.430 e. The van der Waals surface area contributed by atoms with E-state index in [4.69, 9.17) is 21.1 Å². The van der Waals surface area contributed by atoms with Crippen molar-refractivity contribution in [2.75, 3.05) is 6.54 Å². The molecule has 7 N–H and O–H groups in total. The zero-order valence-corrected chi connectivity index (χ0v) is 11.7. The maximum atomic E-state index is 11.7. The number of aliphatic hydroxyl groups is 2. The van der Waals surface area contributed by atoms with E-state index >= 15 is 0 Å². The van der Waals surface area contributed by atoms with Crippen molar-refractivity contribution in [1.82, 2.24) is 9.55 Å². The number of nitrogens with two attached hydrogens (primary N) is 2. The first kappa shape index (κ1) is 17.3. The van der Waals surface area contributed by atoms with Gasteiger partial charge >= 0.3 is 11.7 Å². The van der Waals surface area contributed by atoms with E-state index in [1.807, 2.05) is 4.98 Å². The number of H-pyrrole nitrogens is 1. The van der Waals surface area contributed by atoms with Crippen LogP contribution in [0.15, 0.2) is 21.9 Å². The van der Waals surface area contributed by atoms with Crippen molar-refractivity contribution in [2.45, 2.75) is 30.8 Å². The normalized spacial score (nSPS) is 28.5. The fourth-order valence-corrected chi connectivity index (χ4v) is 2.12. The first-order valence-corrected chi connectivity index (χ1v) is 6.47. The highest BCUT2D eigenvalue weighted by Gasteiger charge is 2.49. The average Bonchev–Trinajstić information content (AvgIpc) is 2.81. The van der Waals surface area contributed by atoms with Gasteiger partial charge in [0, 0.05) is 12.3 Å². The predicted molar refractivity (Wildman–Crippen MR) is 71.5 cm³/mol. The standard InChI is InChI=1S/C11H16N4O8/c12-3-5(17)21-10(23-13)8-6(18)7(19)9(22-8)15-2-1-4(16)14-11(15)20/h1-2,6-10,18-19H,3,12-13H2,(H,14,16,20)/t6-,7+,8-,9+,10?/m0/s1. The maximum Gasteiger partial charge on any atom is 0.330 e. The second kappa shape index (κ2) is 6.99. The van der Waals surface area contributed by atoms with Crippen molar-refractivity contribution < 1.29 is 29.3 Å². The lowest BCUT2D eigenvalue weighted by Crippen LogP contribution is -2.44. The van der Waals surface area contributed by atoms with Gasteiger partial charge in [-0.3, -0.25) is 24.0 Å². The van der Waals surface area contributed by atoms with Crippen molar-refractivity contribution >= 4 is 5.97 Å². The van der Waals surface area contributed by atoms with Crippen molar-refractivity contribution in [2.24, 2.45) is 11.6 Å². The summed E-state index contributed by atoms with van der Waals surface area (Å²) in [7, 11) is 0. The molecule has 0 radical (unpaired) electrons. The Morgan fingerprint density at radius 3 is 2.70 bits per heavy atom. The Hall–Kier alpha value is -2.09. The van der Waals surface area contributed by atoms with Crippen LogP contribution in [-0.4, -0.2) is 56.9 Å². The molecule has 2 heterocycles.